The van der Waals surface area contributed by atoms with E-state index in [9.17, 15) is 10.4 Å². The SMILES string of the molecule is Cc1ccc(N2CCCCCC2CO)c(C#N)c1. The van der Waals surface area contributed by atoms with E-state index in [-0.39, 0.29) is 12.6 Å². The number of aryl methyl sites for hydroxylation is 1. The van der Waals surface area contributed by atoms with Gasteiger partial charge in [-0.15, -0.1) is 0 Å². The van der Waals surface area contributed by atoms with E-state index < -0.39 is 0 Å². The lowest BCUT2D eigenvalue weighted by Gasteiger charge is -2.31. The fourth-order valence-electron chi connectivity index (χ4n) is 2.67. The van der Waals surface area contributed by atoms with Crippen molar-refractivity contribution >= 4 is 5.69 Å². The Bertz CT molecular complexity index is 450. The minimum Gasteiger partial charge on any atom is -0.394 e. The maximum atomic E-state index is 9.54. The summed E-state index contributed by atoms with van der Waals surface area (Å²) in [4.78, 5) is 2.21. The van der Waals surface area contributed by atoms with Crippen molar-refractivity contribution in [1.29, 1.82) is 5.26 Å². The van der Waals surface area contributed by atoms with E-state index in [4.69, 9.17) is 0 Å². The van der Waals surface area contributed by atoms with Gasteiger partial charge in [0.2, 0.25) is 0 Å². The van der Waals surface area contributed by atoms with Gasteiger partial charge in [0.25, 0.3) is 0 Å². The van der Waals surface area contributed by atoms with Crippen molar-refractivity contribution in [3.8, 4) is 6.07 Å². The maximum Gasteiger partial charge on any atom is 0.101 e. The van der Waals surface area contributed by atoms with E-state index in [1.165, 1.54) is 6.42 Å². The highest BCUT2D eigenvalue weighted by molar-refractivity contribution is 5.61. The Morgan fingerprint density at radius 2 is 2.22 bits per heavy atom. The third-order valence-electron chi connectivity index (χ3n) is 3.67. The molecule has 1 aromatic carbocycles. The summed E-state index contributed by atoms with van der Waals surface area (Å²) in [7, 11) is 0. The van der Waals surface area contributed by atoms with Crippen molar-refractivity contribution in [3.05, 3.63) is 29.3 Å². The number of aliphatic hydroxyl groups excluding tert-OH is 1. The lowest BCUT2D eigenvalue weighted by Crippen LogP contribution is -2.38. The van der Waals surface area contributed by atoms with Crippen LogP contribution in [0.3, 0.4) is 0 Å². The Kier molecular flexibility index (Phi) is 4.22. The summed E-state index contributed by atoms with van der Waals surface area (Å²) in [5.74, 6) is 0. The fourth-order valence-corrected chi connectivity index (χ4v) is 2.67. The molecule has 1 aliphatic rings. The second-order valence-electron chi connectivity index (χ2n) is 5.01. The molecule has 0 saturated carbocycles. The highest BCUT2D eigenvalue weighted by atomic mass is 16.3. The standard InChI is InChI=1S/C15H20N2O/c1-12-6-7-15(13(9-12)10-16)17-8-4-2-3-5-14(17)11-18/h6-7,9,14,18H,2-5,8,11H2,1H3. The maximum absolute atomic E-state index is 9.54. The molecule has 1 unspecified atom stereocenters. The molecule has 0 aromatic heterocycles. The molecule has 3 nitrogen and oxygen atoms in total. The second kappa shape index (κ2) is 5.88. The Labute approximate surface area is 109 Å². The van der Waals surface area contributed by atoms with Gasteiger partial charge in [0, 0.05) is 6.54 Å². The predicted molar refractivity (Wildman–Crippen MR) is 72.6 cm³/mol. The quantitative estimate of drug-likeness (QED) is 0.870. The van der Waals surface area contributed by atoms with Crippen molar-refractivity contribution in [2.45, 2.75) is 38.6 Å². The average Bonchev–Trinajstić information content (AvgIpc) is 2.63. The van der Waals surface area contributed by atoms with E-state index in [0.717, 1.165) is 42.6 Å². The summed E-state index contributed by atoms with van der Waals surface area (Å²) in [5.41, 5.74) is 2.80. The van der Waals surface area contributed by atoms with Crippen molar-refractivity contribution < 1.29 is 5.11 Å². The van der Waals surface area contributed by atoms with Crippen LogP contribution in [0.15, 0.2) is 18.2 Å². The Morgan fingerprint density at radius 3 is 2.94 bits per heavy atom. The fraction of sp³-hybridized carbons (Fsp3) is 0.533. The van der Waals surface area contributed by atoms with Crippen molar-refractivity contribution in [1.82, 2.24) is 0 Å². The first-order valence-electron chi connectivity index (χ1n) is 6.64. The van der Waals surface area contributed by atoms with Gasteiger partial charge in [-0.2, -0.15) is 5.26 Å². The van der Waals surface area contributed by atoms with Gasteiger partial charge in [0.15, 0.2) is 0 Å². The lowest BCUT2D eigenvalue weighted by atomic mass is 10.1. The van der Waals surface area contributed by atoms with Gasteiger partial charge in [0.1, 0.15) is 6.07 Å². The number of anilines is 1. The molecule has 1 saturated heterocycles. The molecule has 1 heterocycles. The van der Waals surface area contributed by atoms with Crippen LogP contribution in [0.2, 0.25) is 0 Å². The van der Waals surface area contributed by atoms with Crippen LogP contribution in [0, 0.1) is 18.3 Å². The number of hydrogen-bond acceptors (Lipinski definition) is 3. The van der Waals surface area contributed by atoms with Gasteiger partial charge in [-0.05, 0) is 37.5 Å². The third kappa shape index (κ3) is 2.65. The molecule has 0 bridgehead atoms. The highest BCUT2D eigenvalue weighted by Gasteiger charge is 2.22. The molecule has 0 radical (unpaired) electrons. The molecule has 18 heavy (non-hydrogen) atoms. The largest absolute Gasteiger partial charge is 0.394 e. The van der Waals surface area contributed by atoms with Crippen molar-refractivity contribution in [3.63, 3.8) is 0 Å². The third-order valence-corrected chi connectivity index (χ3v) is 3.67. The van der Waals surface area contributed by atoms with Crippen LogP contribution in [0.4, 0.5) is 5.69 Å². The van der Waals surface area contributed by atoms with E-state index in [1.54, 1.807) is 0 Å². The van der Waals surface area contributed by atoms with E-state index >= 15 is 0 Å². The van der Waals surface area contributed by atoms with Crippen LogP contribution < -0.4 is 4.90 Å². The van der Waals surface area contributed by atoms with Gasteiger partial charge in [-0.25, -0.2) is 0 Å². The van der Waals surface area contributed by atoms with Crippen LogP contribution in [-0.4, -0.2) is 24.3 Å². The lowest BCUT2D eigenvalue weighted by molar-refractivity contribution is 0.255. The summed E-state index contributed by atoms with van der Waals surface area (Å²) in [6, 6.07) is 8.41. The van der Waals surface area contributed by atoms with Gasteiger partial charge in [-0.3, -0.25) is 0 Å². The molecule has 1 fully saturated rings. The molecule has 1 atom stereocenters. The smallest absolute Gasteiger partial charge is 0.101 e. The highest BCUT2D eigenvalue weighted by Crippen LogP contribution is 2.27. The topological polar surface area (TPSA) is 47.3 Å². The number of nitrogens with zero attached hydrogens (tertiary/aromatic N) is 2. The summed E-state index contributed by atoms with van der Waals surface area (Å²) in [6.07, 6.45) is 4.51. The van der Waals surface area contributed by atoms with Crippen molar-refractivity contribution in [2.24, 2.45) is 0 Å². The number of hydrogen-bond donors (Lipinski definition) is 1. The average molecular weight is 244 g/mol. The molecule has 1 N–H and O–H groups in total. The van der Waals surface area contributed by atoms with Crippen LogP contribution in [-0.2, 0) is 0 Å². The molecule has 0 spiro atoms. The summed E-state index contributed by atoms with van der Waals surface area (Å²) in [5, 5.41) is 18.8. The molecule has 96 valence electrons. The number of benzene rings is 1. The zero-order valence-corrected chi connectivity index (χ0v) is 10.9. The zero-order chi connectivity index (χ0) is 13.0. The van der Waals surface area contributed by atoms with Crippen LogP contribution in [0.5, 0.6) is 0 Å². The summed E-state index contributed by atoms with van der Waals surface area (Å²) >= 11 is 0. The van der Waals surface area contributed by atoms with Gasteiger partial charge < -0.3 is 10.0 Å². The minimum absolute atomic E-state index is 0.155. The molecular formula is C15H20N2O. The predicted octanol–water partition coefficient (Wildman–Crippen LogP) is 2.61. The van der Waals surface area contributed by atoms with Gasteiger partial charge in [0.05, 0.1) is 23.9 Å². The molecule has 0 aliphatic carbocycles. The van der Waals surface area contributed by atoms with Crippen molar-refractivity contribution in [2.75, 3.05) is 18.1 Å². The van der Waals surface area contributed by atoms with Crippen LogP contribution >= 0.6 is 0 Å². The van der Waals surface area contributed by atoms with E-state index in [2.05, 4.69) is 11.0 Å². The van der Waals surface area contributed by atoms with E-state index in [1.807, 2.05) is 25.1 Å². The van der Waals surface area contributed by atoms with Gasteiger partial charge in [-0.1, -0.05) is 18.9 Å². The minimum atomic E-state index is 0.155. The number of aliphatic hydroxyl groups is 1. The number of nitriles is 1. The second-order valence-corrected chi connectivity index (χ2v) is 5.01. The molecular weight excluding hydrogens is 224 g/mol. The first-order valence-corrected chi connectivity index (χ1v) is 6.64. The molecule has 2 rings (SSSR count). The first kappa shape index (κ1) is 12.9. The Hall–Kier alpha value is -1.53. The monoisotopic (exact) mass is 244 g/mol. The summed E-state index contributed by atoms with van der Waals surface area (Å²) in [6.45, 7) is 3.10. The van der Waals surface area contributed by atoms with Crippen LogP contribution in [0.1, 0.15) is 36.8 Å². The summed E-state index contributed by atoms with van der Waals surface area (Å²) < 4.78 is 0. The van der Waals surface area contributed by atoms with Crippen LogP contribution in [0.25, 0.3) is 0 Å². The van der Waals surface area contributed by atoms with Gasteiger partial charge >= 0.3 is 0 Å². The first-order chi connectivity index (χ1) is 8.76. The zero-order valence-electron chi connectivity index (χ0n) is 10.9. The number of rotatable bonds is 2. The molecule has 3 heteroatoms. The molecule has 1 aromatic rings. The Morgan fingerprint density at radius 1 is 1.39 bits per heavy atom. The molecule has 1 aliphatic heterocycles. The molecule has 0 amide bonds. The van der Waals surface area contributed by atoms with E-state index in [0.29, 0.717) is 0 Å². The Balaban J connectivity index is 2.36. The normalized spacial score (nSPS) is 20.3.